The quantitative estimate of drug-likeness (QED) is 0.571. The predicted molar refractivity (Wildman–Crippen MR) is 72.5 cm³/mol. The van der Waals surface area contributed by atoms with Crippen LogP contribution in [0.15, 0.2) is 23.1 Å². The van der Waals surface area contributed by atoms with Gasteiger partial charge in [0.25, 0.3) is 0 Å². The Morgan fingerprint density at radius 3 is 2.74 bits per heavy atom. The molecule has 1 aromatic rings. The molecule has 19 heavy (non-hydrogen) atoms. The summed E-state index contributed by atoms with van der Waals surface area (Å²) in [6, 6.07) is 4.60. The zero-order valence-electron chi connectivity index (χ0n) is 11.0. The van der Waals surface area contributed by atoms with E-state index in [1.807, 2.05) is 0 Å². The summed E-state index contributed by atoms with van der Waals surface area (Å²) in [4.78, 5) is 11.6. The maximum atomic E-state index is 12.1. The number of nitrogens with two attached hydrogens (primary N) is 1. The molecule has 0 heterocycles. The monoisotopic (exact) mass is 286 g/mol. The molecule has 3 N–H and O–H groups in total. The number of benzene rings is 1. The third-order valence-corrected chi connectivity index (χ3v) is 4.25. The number of ether oxygens (including phenoxy) is 1. The smallest absolute Gasteiger partial charge is 0.235 e. The summed E-state index contributed by atoms with van der Waals surface area (Å²) in [5, 5.41) is 2.47. The Bertz CT molecular complexity index is 555. The lowest BCUT2D eigenvalue weighted by molar-refractivity contribution is -0.118. The second kappa shape index (κ2) is 6.53. The van der Waals surface area contributed by atoms with Crippen molar-refractivity contribution < 1.29 is 17.9 Å². The highest BCUT2D eigenvalue weighted by molar-refractivity contribution is 7.92. The number of amides is 1. The molecule has 0 saturated carbocycles. The third kappa shape index (κ3) is 4.53. The minimum absolute atomic E-state index is 0.0920. The van der Waals surface area contributed by atoms with Crippen LogP contribution < -0.4 is 11.1 Å². The van der Waals surface area contributed by atoms with Gasteiger partial charge in [-0.2, -0.15) is 0 Å². The molecule has 0 fully saturated rings. The average Bonchev–Trinajstić information content (AvgIpc) is 2.32. The first-order valence-electron chi connectivity index (χ1n) is 5.71. The molecule has 106 valence electrons. The number of aryl methyl sites for hydroxylation is 1. The Kier molecular flexibility index (Phi) is 5.31. The molecule has 0 aromatic heterocycles. The molecule has 0 bridgehead atoms. The van der Waals surface area contributed by atoms with Crippen molar-refractivity contribution in [3.63, 3.8) is 0 Å². The third-order valence-electron chi connectivity index (χ3n) is 2.50. The number of rotatable bonds is 6. The maximum absolute atomic E-state index is 12.1. The van der Waals surface area contributed by atoms with Gasteiger partial charge < -0.3 is 15.8 Å². The number of nitrogen functional groups attached to an aromatic ring is 1. The number of carbonyl (C=O) groups excluding carboxylic acids is 1. The highest BCUT2D eigenvalue weighted by Crippen LogP contribution is 2.19. The molecular weight excluding hydrogens is 268 g/mol. The SMILES string of the molecule is COCCNC(=O)CS(=O)(=O)c1cc(N)ccc1C. The van der Waals surface area contributed by atoms with E-state index in [9.17, 15) is 13.2 Å². The molecule has 0 aliphatic heterocycles. The molecule has 0 unspecified atom stereocenters. The Hall–Kier alpha value is -1.60. The van der Waals surface area contributed by atoms with Crippen LogP contribution in [0, 0.1) is 6.92 Å². The van der Waals surface area contributed by atoms with Crippen LogP contribution in [0.5, 0.6) is 0 Å². The van der Waals surface area contributed by atoms with Crippen molar-refractivity contribution in [3.8, 4) is 0 Å². The average molecular weight is 286 g/mol. The van der Waals surface area contributed by atoms with Crippen molar-refractivity contribution >= 4 is 21.4 Å². The van der Waals surface area contributed by atoms with Gasteiger partial charge in [-0.15, -0.1) is 0 Å². The van der Waals surface area contributed by atoms with E-state index in [1.165, 1.54) is 13.2 Å². The van der Waals surface area contributed by atoms with Gasteiger partial charge in [0.15, 0.2) is 9.84 Å². The lowest BCUT2D eigenvalue weighted by atomic mass is 10.2. The molecule has 0 saturated heterocycles. The molecule has 1 aromatic carbocycles. The molecule has 0 atom stereocenters. The summed E-state index contributed by atoms with van der Waals surface area (Å²) in [6.45, 7) is 2.28. The normalized spacial score (nSPS) is 11.3. The van der Waals surface area contributed by atoms with E-state index >= 15 is 0 Å². The van der Waals surface area contributed by atoms with Crippen molar-refractivity contribution in [3.05, 3.63) is 23.8 Å². The van der Waals surface area contributed by atoms with Crippen LogP contribution in [0.25, 0.3) is 0 Å². The first-order chi connectivity index (χ1) is 8.86. The van der Waals surface area contributed by atoms with Gasteiger partial charge in [-0.1, -0.05) is 6.07 Å². The first-order valence-corrected chi connectivity index (χ1v) is 7.36. The topological polar surface area (TPSA) is 98.5 Å². The molecular formula is C12H18N2O4S. The fraction of sp³-hybridized carbons (Fsp3) is 0.417. The number of carbonyl (C=O) groups is 1. The fourth-order valence-corrected chi connectivity index (χ4v) is 3.02. The van der Waals surface area contributed by atoms with Crippen molar-refractivity contribution in [1.82, 2.24) is 5.32 Å². The van der Waals surface area contributed by atoms with E-state index in [2.05, 4.69) is 5.32 Å². The number of methoxy groups -OCH3 is 1. The summed E-state index contributed by atoms with van der Waals surface area (Å²) in [5.74, 6) is -1.15. The van der Waals surface area contributed by atoms with Gasteiger partial charge >= 0.3 is 0 Å². The second-order valence-corrected chi connectivity index (χ2v) is 6.08. The summed E-state index contributed by atoms with van der Waals surface area (Å²) in [7, 11) is -2.18. The predicted octanol–water partition coefficient (Wildman–Crippen LogP) is 0.114. The molecule has 7 heteroatoms. The molecule has 1 rings (SSSR count). The molecule has 0 aliphatic rings. The fourth-order valence-electron chi connectivity index (χ4n) is 1.55. The van der Waals surface area contributed by atoms with Gasteiger partial charge in [0, 0.05) is 19.3 Å². The summed E-state index contributed by atoms with van der Waals surface area (Å²) in [6.07, 6.45) is 0. The summed E-state index contributed by atoms with van der Waals surface area (Å²) < 4.78 is 29.0. The van der Waals surface area contributed by atoms with Gasteiger partial charge in [-0.3, -0.25) is 4.79 Å². The zero-order chi connectivity index (χ0) is 14.5. The number of nitrogens with one attached hydrogen (secondary N) is 1. The minimum atomic E-state index is -3.68. The van der Waals surface area contributed by atoms with Crippen LogP contribution in [0.4, 0.5) is 5.69 Å². The van der Waals surface area contributed by atoms with Crippen LogP contribution in [-0.2, 0) is 19.4 Å². The first kappa shape index (κ1) is 15.5. The van der Waals surface area contributed by atoms with E-state index in [4.69, 9.17) is 10.5 Å². The van der Waals surface area contributed by atoms with Crippen LogP contribution in [0.1, 0.15) is 5.56 Å². The van der Waals surface area contributed by atoms with Crippen molar-refractivity contribution in [2.75, 3.05) is 31.7 Å². The van der Waals surface area contributed by atoms with Gasteiger partial charge in [0.1, 0.15) is 5.75 Å². The molecule has 0 spiro atoms. The molecule has 1 amide bonds. The van der Waals surface area contributed by atoms with Crippen molar-refractivity contribution in [2.45, 2.75) is 11.8 Å². The van der Waals surface area contributed by atoms with Crippen molar-refractivity contribution in [1.29, 1.82) is 0 Å². The highest BCUT2D eigenvalue weighted by Gasteiger charge is 2.21. The molecule has 6 nitrogen and oxygen atoms in total. The highest BCUT2D eigenvalue weighted by atomic mass is 32.2. The van der Waals surface area contributed by atoms with E-state index in [0.717, 1.165) is 0 Å². The summed E-state index contributed by atoms with van der Waals surface area (Å²) in [5.41, 5.74) is 6.49. The minimum Gasteiger partial charge on any atom is -0.399 e. The number of anilines is 1. The molecule has 0 aliphatic carbocycles. The van der Waals surface area contributed by atoms with Gasteiger partial charge in [-0.25, -0.2) is 8.42 Å². The van der Waals surface area contributed by atoms with E-state index in [0.29, 0.717) is 17.9 Å². The maximum Gasteiger partial charge on any atom is 0.235 e. The van der Waals surface area contributed by atoms with Crippen LogP contribution in [-0.4, -0.2) is 40.3 Å². The largest absolute Gasteiger partial charge is 0.399 e. The van der Waals surface area contributed by atoms with Gasteiger partial charge in [0.05, 0.1) is 11.5 Å². The van der Waals surface area contributed by atoms with Gasteiger partial charge in [-0.05, 0) is 24.6 Å². The lowest BCUT2D eigenvalue weighted by Crippen LogP contribution is -2.32. The Morgan fingerprint density at radius 1 is 1.42 bits per heavy atom. The summed E-state index contributed by atoms with van der Waals surface area (Å²) >= 11 is 0. The van der Waals surface area contributed by atoms with Crippen LogP contribution in [0.2, 0.25) is 0 Å². The Morgan fingerprint density at radius 2 is 2.11 bits per heavy atom. The number of sulfone groups is 1. The van der Waals surface area contributed by atoms with E-state index < -0.39 is 21.5 Å². The standard InChI is InChI=1S/C12H18N2O4S/c1-9-3-4-10(13)7-11(9)19(16,17)8-12(15)14-5-6-18-2/h3-4,7H,5-6,8,13H2,1-2H3,(H,14,15). The lowest BCUT2D eigenvalue weighted by Gasteiger charge is -2.09. The van der Waals surface area contributed by atoms with Crippen LogP contribution in [0.3, 0.4) is 0 Å². The van der Waals surface area contributed by atoms with Crippen molar-refractivity contribution in [2.24, 2.45) is 0 Å². The van der Waals surface area contributed by atoms with E-state index in [-0.39, 0.29) is 11.4 Å². The molecule has 0 radical (unpaired) electrons. The van der Waals surface area contributed by atoms with Gasteiger partial charge in [0.2, 0.25) is 5.91 Å². The zero-order valence-corrected chi connectivity index (χ0v) is 11.8. The number of hydrogen-bond acceptors (Lipinski definition) is 5. The number of hydrogen-bond donors (Lipinski definition) is 2. The van der Waals surface area contributed by atoms with E-state index in [1.54, 1.807) is 19.1 Å². The second-order valence-electron chi connectivity index (χ2n) is 4.13. The Balaban J connectivity index is 2.81. The Labute approximate surface area is 112 Å². The van der Waals surface area contributed by atoms with Crippen LogP contribution >= 0.6 is 0 Å².